The molecule has 1 atom stereocenters. The fourth-order valence-electron chi connectivity index (χ4n) is 2.79. The number of nitrogens with one attached hydrogen (secondary N) is 1. The summed E-state index contributed by atoms with van der Waals surface area (Å²) in [6, 6.07) is 14.8. The van der Waals surface area contributed by atoms with Gasteiger partial charge in [-0.15, -0.1) is 11.3 Å². The highest BCUT2D eigenvalue weighted by atomic mass is 32.1. The van der Waals surface area contributed by atoms with Crippen LogP contribution in [-0.4, -0.2) is 42.0 Å². The summed E-state index contributed by atoms with van der Waals surface area (Å²) in [6.45, 7) is 4.23. The van der Waals surface area contributed by atoms with Gasteiger partial charge in [-0.05, 0) is 45.2 Å². The van der Waals surface area contributed by atoms with Crippen LogP contribution in [-0.2, 0) is 9.53 Å². The lowest BCUT2D eigenvalue weighted by atomic mass is 10.2. The smallest absolute Gasteiger partial charge is 0.340 e. The Balaban J connectivity index is 1.67. The highest BCUT2D eigenvalue weighted by Crippen LogP contribution is 2.28. The fourth-order valence-corrected chi connectivity index (χ4v) is 3.87. The van der Waals surface area contributed by atoms with Gasteiger partial charge in [0, 0.05) is 0 Å². The van der Waals surface area contributed by atoms with Crippen LogP contribution in [0.5, 0.6) is 0 Å². The van der Waals surface area contributed by atoms with Gasteiger partial charge in [-0.25, -0.2) is 9.78 Å². The first-order valence-corrected chi connectivity index (χ1v) is 9.93. The molecule has 0 aliphatic carbocycles. The lowest BCUT2D eigenvalue weighted by Gasteiger charge is -2.22. The molecule has 7 heteroatoms. The van der Waals surface area contributed by atoms with Crippen molar-refractivity contribution in [2.24, 2.45) is 0 Å². The number of para-hydroxylation sites is 2. The Kier molecular flexibility index (Phi) is 6.38. The van der Waals surface area contributed by atoms with Crippen molar-refractivity contribution >= 4 is 39.1 Å². The summed E-state index contributed by atoms with van der Waals surface area (Å²) in [5, 5.41) is 3.78. The highest BCUT2D eigenvalue weighted by molar-refractivity contribution is 7.18. The molecule has 0 saturated heterocycles. The molecule has 28 heavy (non-hydrogen) atoms. The molecule has 0 aliphatic heterocycles. The molecule has 2 aromatic carbocycles. The Hall–Kier alpha value is -2.77. The molecule has 0 spiro atoms. The van der Waals surface area contributed by atoms with Crippen LogP contribution in [0.2, 0.25) is 0 Å². The predicted molar refractivity (Wildman–Crippen MR) is 112 cm³/mol. The van der Waals surface area contributed by atoms with Crippen molar-refractivity contribution in [2.45, 2.75) is 19.9 Å². The summed E-state index contributed by atoms with van der Waals surface area (Å²) in [5.74, 6) is -0.651. The molecule has 3 aromatic rings. The van der Waals surface area contributed by atoms with Crippen LogP contribution < -0.4 is 5.32 Å². The van der Waals surface area contributed by atoms with E-state index in [1.807, 2.05) is 43.1 Å². The molecule has 0 aliphatic rings. The first kappa shape index (κ1) is 20.0. The van der Waals surface area contributed by atoms with E-state index in [1.165, 1.54) is 0 Å². The lowest BCUT2D eigenvalue weighted by molar-refractivity contribution is -0.117. The second-order valence-corrected chi connectivity index (χ2v) is 7.49. The summed E-state index contributed by atoms with van der Waals surface area (Å²) in [6.07, 6.45) is 0. The van der Waals surface area contributed by atoms with Crippen molar-refractivity contribution < 1.29 is 14.3 Å². The van der Waals surface area contributed by atoms with E-state index in [1.54, 1.807) is 42.5 Å². The third-order valence-corrected chi connectivity index (χ3v) is 5.63. The molecule has 1 amide bonds. The second kappa shape index (κ2) is 8.95. The number of esters is 1. The molecule has 3 rings (SSSR count). The van der Waals surface area contributed by atoms with Gasteiger partial charge in [0.1, 0.15) is 5.01 Å². The number of ether oxygens (including phenoxy) is 1. The molecule has 0 saturated carbocycles. The van der Waals surface area contributed by atoms with E-state index in [-0.39, 0.29) is 25.1 Å². The van der Waals surface area contributed by atoms with Gasteiger partial charge in [0.25, 0.3) is 0 Å². The number of hydrogen-bond acceptors (Lipinski definition) is 6. The number of hydrogen-bond donors (Lipinski definition) is 1. The van der Waals surface area contributed by atoms with Crippen molar-refractivity contribution in [3.8, 4) is 0 Å². The Morgan fingerprint density at radius 3 is 2.64 bits per heavy atom. The van der Waals surface area contributed by atoms with Crippen LogP contribution >= 0.6 is 11.3 Å². The molecular weight excluding hydrogens is 374 g/mol. The summed E-state index contributed by atoms with van der Waals surface area (Å²) >= 11 is 1.63. The summed E-state index contributed by atoms with van der Waals surface area (Å²) < 4.78 is 6.18. The number of fused-ring (bicyclic) bond motifs is 1. The van der Waals surface area contributed by atoms with E-state index in [9.17, 15) is 9.59 Å². The standard InChI is InChI=1S/C21H23N3O3S/c1-4-27-21(26)15-9-5-6-10-16(15)22-19(25)13-24(3)14(2)20-23-17-11-7-8-12-18(17)28-20/h5-12,14H,4,13H2,1-3H3,(H,22,25)/t14-/m1/s1. The average Bonchev–Trinajstić information content (AvgIpc) is 3.12. The number of rotatable bonds is 7. The number of carbonyl (C=O) groups excluding carboxylic acids is 2. The second-order valence-electron chi connectivity index (χ2n) is 6.43. The number of carbonyl (C=O) groups is 2. The maximum absolute atomic E-state index is 12.5. The van der Waals surface area contributed by atoms with Crippen LogP contribution in [0.25, 0.3) is 10.2 Å². The first-order chi connectivity index (χ1) is 13.5. The molecule has 146 valence electrons. The molecular formula is C21H23N3O3S. The molecule has 0 bridgehead atoms. The summed E-state index contributed by atoms with van der Waals surface area (Å²) in [7, 11) is 1.88. The average molecular weight is 398 g/mol. The maximum Gasteiger partial charge on any atom is 0.340 e. The third kappa shape index (κ3) is 4.55. The van der Waals surface area contributed by atoms with Gasteiger partial charge in [-0.3, -0.25) is 9.69 Å². The van der Waals surface area contributed by atoms with Crippen molar-refractivity contribution in [2.75, 3.05) is 25.5 Å². The van der Waals surface area contributed by atoms with Crippen molar-refractivity contribution in [1.82, 2.24) is 9.88 Å². The highest BCUT2D eigenvalue weighted by Gasteiger charge is 2.20. The molecule has 0 unspecified atom stereocenters. The van der Waals surface area contributed by atoms with Gasteiger partial charge in [0.2, 0.25) is 5.91 Å². The van der Waals surface area contributed by atoms with E-state index < -0.39 is 5.97 Å². The van der Waals surface area contributed by atoms with E-state index >= 15 is 0 Å². The molecule has 1 N–H and O–H groups in total. The molecule has 1 aromatic heterocycles. The van der Waals surface area contributed by atoms with Gasteiger partial charge in [0.15, 0.2) is 0 Å². The third-order valence-electron chi connectivity index (χ3n) is 4.42. The summed E-state index contributed by atoms with van der Waals surface area (Å²) in [4.78, 5) is 31.2. The minimum atomic E-state index is -0.449. The number of likely N-dealkylation sites (N-methyl/N-ethyl adjacent to an activating group) is 1. The number of nitrogens with zero attached hydrogens (tertiary/aromatic N) is 2. The molecule has 1 heterocycles. The molecule has 0 fully saturated rings. The predicted octanol–water partition coefficient (Wildman–Crippen LogP) is 4.10. The van der Waals surface area contributed by atoms with Crippen LogP contribution in [0, 0.1) is 0 Å². The monoisotopic (exact) mass is 397 g/mol. The van der Waals surface area contributed by atoms with Gasteiger partial charge in [-0.1, -0.05) is 24.3 Å². The van der Waals surface area contributed by atoms with Crippen molar-refractivity contribution in [3.63, 3.8) is 0 Å². The zero-order valence-electron chi connectivity index (χ0n) is 16.1. The maximum atomic E-state index is 12.5. The SMILES string of the molecule is CCOC(=O)c1ccccc1NC(=O)CN(C)[C@H](C)c1nc2ccccc2s1. The van der Waals surface area contributed by atoms with E-state index in [0.717, 1.165) is 15.2 Å². The van der Waals surface area contributed by atoms with Crippen LogP contribution in [0.1, 0.15) is 35.3 Å². The van der Waals surface area contributed by atoms with Gasteiger partial charge in [-0.2, -0.15) is 0 Å². The van der Waals surface area contributed by atoms with Crippen LogP contribution in [0.15, 0.2) is 48.5 Å². The number of thiazole rings is 1. The Bertz CT molecular complexity index is 953. The van der Waals surface area contributed by atoms with Crippen LogP contribution in [0.3, 0.4) is 0 Å². The Labute approximate surface area is 168 Å². The van der Waals surface area contributed by atoms with Gasteiger partial charge in [0.05, 0.1) is 40.7 Å². The number of aromatic nitrogens is 1. The topological polar surface area (TPSA) is 71.5 Å². The molecule has 0 radical (unpaired) electrons. The Morgan fingerprint density at radius 1 is 1.18 bits per heavy atom. The van der Waals surface area contributed by atoms with Crippen molar-refractivity contribution in [3.05, 3.63) is 59.1 Å². The minimum absolute atomic E-state index is 0.0107. The lowest BCUT2D eigenvalue weighted by Crippen LogP contribution is -2.32. The fraction of sp³-hybridized carbons (Fsp3) is 0.286. The largest absolute Gasteiger partial charge is 0.462 e. The number of benzene rings is 2. The minimum Gasteiger partial charge on any atom is -0.462 e. The number of amides is 1. The van der Waals surface area contributed by atoms with E-state index in [4.69, 9.17) is 4.74 Å². The molecule has 6 nitrogen and oxygen atoms in total. The van der Waals surface area contributed by atoms with Gasteiger partial charge < -0.3 is 10.1 Å². The van der Waals surface area contributed by atoms with Crippen LogP contribution in [0.4, 0.5) is 5.69 Å². The Morgan fingerprint density at radius 2 is 1.89 bits per heavy atom. The normalized spacial score (nSPS) is 12.1. The summed E-state index contributed by atoms with van der Waals surface area (Å²) in [5.41, 5.74) is 1.77. The zero-order valence-corrected chi connectivity index (χ0v) is 17.0. The quantitative estimate of drug-likeness (QED) is 0.608. The first-order valence-electron chi connectivity index (χ1n) is 9.11. The number of anilines is 1. The zero-order chi connectivity index (χ0) is 20.1. The van der Waals surface area contributed by atoms with Crippen molar-refractivity contribution in [1.29, 1.82) is 0 Å². The van der Waals surface area contributed by atoms with E-state index in [0.29, 0.717) is 11.3 Å². The van der Waals surface area contributed by atoms with Gasteiger partial charge >= 0.3 is 5.97 Å². The van der Waals surface area contributed by atoms with E-state index in [2.05, 4.69) is 10.3 Å².